The Balaban J connectivity index is 0.00000128. The molecule has 1 aromatic rings. The quantitative estimate of drug-likeness (QED) is 0.413. The van der Waals surface area contributed by atoms with Gasteiger partial charge in [0.2, 0.25) is 0 Å². The van der Waals surface area contributed by atoms with Crippen LogP contribution in [0.4, 0.5) is 5.69 Å². The second kappa shape index (κ2) is 5.26. The van der Waals surface area contributed by atoms with Crippen LogP contribution in [0.5, 0.6) is 0 Å². The Bertz CT molecular complexity index is 368. The molecule has 2 nitrogen and oxygen atoms in total. The van der Waals surface area contributed by atoms with E-state index < -0.39 is 0 Å². The fourth-order valence-corrected chi connectivity index (χ4v) is 2.72. The number of alkyl halides is 1. The number of hydrogen-bond donors (Lipinski definition) is 1. The van der Waals surface area contributed by atoms with Crippen molar-refractivity contribution in [2.24, 2.45) is 0 Å². The summed E-state index contributed by atoms with van der Waals surface area (Å²) in [7, 11) is 2.27. The summed E-state index contributed by atoms with van der Waals surface area (Å²) in [5.41, 5.74) is 9.53. The van der Waals surface area contributed by atoms with Gasteiger partial charge < -0.3 is 22.6 Å². The first-order valence-corrected chi connectivity index (χ1v) is 5.93. The van der Waals surface area contributed by atoms with Crippen molar-refractivity contribution in [1.82, 2.24) is 0 Å². The number of halogens is 2. The fourth-order valence-electron chi connectivity index (χ4n) is 2.31. The first-order valence-electron chi connectivity index (χ1n) is 5.40. The number of rotatable bonds is 2. The van der Waals surface area contributed by atoms with Crippen LogP contribution < -0.4 is 18.1 Å². The van der Waals surface area contributed by atoms with Gasteiger partial charge in [0.15, 0.2) is 0 Å². The van der Waals surface area contributed by atoms with Gasteiger partial charge in [-0.1, -0.05) is 6.07 Å². The number of fused-ring (bicyclic) bond motifs is 1. The SMILES string of the molecule is C[N+]1(CCCl)CCc2ccc(N)cc2C1.[Cl-]. The van der Waals surface area contributed by atoms with Crippen LogP contribution in [-0.4, -0.2) is 30.5 Å². The van der Waals surface area contributed by atoms with Crippen LogP contribution in [0.25, 0.3) is 0 Å². The third kappa shape index (κ3) is 2.82. The van der Waals surface area contributed by atoms with E-state index in [1.165, 1.54) is 17.7 Å². The monoisotopic (exact) mass is 260 g/mol. The Morgan fingerprint density at radius 1 is 1.38 bits per heavy atom. The minimum Gasteiger partial charge on any atom is -1.00 e. The molecule has 0 aliphatic carbocycles. The van der Waals surface area contributed by atoms with E-state index in [1.54, 1.807) is 0 Å². The van der Waals surface area contributed by atoms with E-state index in [4.69, 9.17) is 17.3 Å². The van der Waals surface area contributed by atoms with Crippen molar-refractivity contribution in [2.75, 3.05) is 31.8 Å². The fraction of sp³-hybridized carbons (Fsp3) is 0.500. The predicted octanol–water partition coefficient (Wildman–Crippen LogP) is -0.986. The van der Waals surface area contributed by atoms with Gasteiger partial charge in [-0.25, -0.2) is 0 Å². The van der Waals surface area contributed by atoms with Crippen molar-refractivity contribution in [3.63, 3.8) is 0 Å². The van der Waals surface area contributed by atoms with Crippen LogP contribution in [0, 0.1) is 0 Å². The zero-order valence-corrected chi connectivity index (χ0v) is 11.1. The predicted molar refractivity (Wildman–Crippen MR) is 64.9 cm³/mol. The first kappa shape index (κ1) is 13.6. The lowest BCUT2D eigenvalue weighted by atomic mass is 9.97. The third-order valence-corrected chi connectivity index (χ3v) is 3.50. The van der Waals surface area contributed by atoms with Crippen LogP contribution in [0.1, 0.15) is 11.1 Å². The van der Waals surface area contributed by atoms with Gasteiger partial charge in [-0.05, 0) is 17.7 Å². The molecule has 1 unspecified atom stereocenters. The summed E-state index contributed by atoms with van der Waals surface area (Å²) in [6, 6.07) is 6.27. The smallest absolute Gasteiger partial charge is 0.105 e. The number of nitrogens with two attached hydrogens (primary N) is 1. The van der Waals surface area contributed by atoms with Crippen molar-refractivity contribution >= 4 is 17.3 Å². The molecule has 1 aromatic carbocycles. The molecule has 2 rings (SSSR count). The molecule has 1 aliphatic heterocycles. The van der Waals surface area contributed by atoms with Crippen LogP contribution in [0.2, 0.25) is 0 Å². The number of quaternary nitrogens is 1. The normalized spacial score (nSPS) is 23.4. The van der Waals surface area contributed by atoms with Gasteiger partial charge >= 0.3 is 0 Å². The summed E-state index contributed by atoms with van der Waals surface area (Å²) in [4.78, 5) is 0. The van der Waals surface area contributed by atoms with E-state index in [9.17, 15) is 0 Å². The largest absolute Gasteiger partial charge is 1.00 e. The molecule has 90 valence electrons. The van der Waals surface area contributed by atoms with Crippen LogP contribution >= 0.6 is 11.6 Å². The maximum Gasteiger partial charge on any atom is 0.105 e. The van der Waals surface area contributed by atoms with Crippen LogP contribution in [0.15, 0.2) is 18.2 Å². The van der Waals surface area contributed by atoms with Gasteiger partial charge in [-0.2, -0.15) is 0 Å². The minimum atomic E-state index is 0. The molecule has 0 fully saturated rings. The molecule has 4 heteroatoms. The van der Waals surface area contributed by atoms with Gasteiger partial charge in [0, 0.05) is 17.7 Å². The molecule has 1 atom stereocenters. The zero-order valence-electron chi connectivity index (χ0n) is 9.55. The lowest BCUT2D eigenvalue weighted by Crippen LogP contribution is -3.00. The van der Waals surface area contributed by atoms with E-state index in [1.807, 2.05) is 6.07 Å². The Morgan fingerprint density at radius 2 is 2.12 bits per heavy atom. The average Bonchev–Trinajstić information content (AvgIpc) is 2.17. The highest BCUT2D eigenvalue weighted by Crippen LogP contribution is 2.25. The molecule has 0 amide bonds. The van der Waals surface area contributed by atoms with E-state index in [2.05, 4.69) is 19.2 Å². The Kier molecular flexibility index (Phi) is 4.48. The number of anilines is 1. The summed E-state index contributed by atoms with van der Waals surface area (Å²) >= 11 is 5.84. The molecule has 0 bridgehead atoms. The second-order valence-corrected chi connectivity index (χ2v) is 5.07. The van der Waals surface area contributed by atoms with Gasteiger partial charge in [0.05, 0.1) is 26.0 Å². The highest BCUT2D eigenvalue weighted by molar-refractivity contribution is 6.17. The maximum absolute atomic E-state index is 5.84. The third-order valence-electron chi connectivity index (χ3n) is 3.33. The highest BCUT2D eigenvalue weighted by atomic mass is 35.5. The standard InChI is InChI=1S/C12H18ClN2.ClH/c1-15(7-5-13)6-4-10-2-3-12(14)8-11(10)9-15;/h2-3,8H,4-7,9,14H2,1H3;1H/q+1;/p-1. The molecule has 0 radical (unpaired) electrons. The number of nitrogens with zero attached hydrogens (tertiary/aromatic N) is 1. The van der Waals surface area contributed by atoms with Crippen LogP contribution in [-0.2, 0) is 13.0 Å². The van der Waals surface area contributed by atoms with Gasteiger partial charge in [0.25, 0.3) is 0 Å². The van der Waals surface area contributed by atoms with Crippen LogP contribution in [0.3, 0.4) is 0 Å². The van der Waals surface area contributed by atoms with E-state index in [-0.39, 0.29) is 12.4 Å². The summed E-state index contributed by atoms with van der Waals surface area (Å²) in [6.07, 6.45) is 1.14. The van der Waals surface area contributed by atoms with Crippen molar-refractivity contribution in [3.8, 4) is 0 Å². The molecule has 2 N–H and O–H groups in total. The number of hydrogen-bond acceptors (Lipinski definition) is 1. The zero-order chi connectivity index (χ0) is 10.9. The molecule has 1 aliphatic rings. The minimum absolute atomic E-state index is 0. The Hall–Kier alpha value is -0.440. The molecule has 16 heavy (non-hydrogen) atoms. The summed E-state index contributed by atoms with van der Waals surface area (Å²) in [5.74, 6) is 0.730. The summed E-state index contributed by atoms with van der Waals surface area (Å²) in [5, 5.41) is 0. The summed E-state index contributed by atoms with van der Waals surface area (Å²) in [6.45, 7) is 3.28. The Labute approximate surface area is 108 Å². The van der Waals surface area contributed by atoms with E-state index in [0.717, 1.165) is 35.6 Å². The molecule has 0 aromatic heterocycles. The average molecular weight is 261 g/mol. The lowest BCUT2D eigenvalue weighted by molar-refractivity contribution is -0.922. The maximum atomic E-state index is 5.84. The number of likely N-dealkylation sites (N-methyl/N-ethyl adjacent to an activating group) is 1. The molecular formula is C12H18Cl2N2. The Morgan fingerprint density at radius 3 is 2.81 bits per heavy atom. The van der Waals surface area contributed by atoms with Crippen molar-refractivity contribution in [3.05, 3.63) is 29.3 Å². The van der Waals surface area contributed by atoms with Crippen molar-refractivity contribution < 1.29 is 16.9 Å². The van der Waals surface area contributed by atoms with E-state index >= 15 is 0 Å². The molecule has 0 saturated heterocycles. The van der Waals surface area contributed by atoms with E-state index in [0.29, 0.717) is 0 Å². The topological polar surface area (TPSA) is 26.0 Å². The van der Waals surface area contributed by atoms with Crippen molar-refractivity contribution in [1.29, 1.82) is 0 Å². The lowest BCUT2D eigenvalue weighted by Gasteiger charge is -2.38. The molecular weight excluding hydrogens is 243 g/mol. The summed E-state index contributed by atoms with van der Waals surface area (Å²) < 4.78 is 1.04. The van der Waals surface area contributed by atoms with Crippen molar-refractivity contribution in [2.45, 2.75) is 13.0 Å². The second-order valence-electron chi connectivity index (χ2n) is 4.69. The molecule has 0 saturated carbocycles. The highest BCUT2D eigenvalue weighted by Gasteiger charge is 2.27. The number of nitrogen functional groups attached to an aromatic ring is 1. The molecule has 0 spiro atoms. The van der Waals surface area contributed by atoms with Gasteiger partial charge in [0.1, 0.15) is 6.54 Å². The van der Waals surface area contributed by atoms with Gasteiger partial charge in [-0.15, -0.1) is 11.6 Å². The molecule has 1 heterocycles. The van der Waals surface area contributed by atoms with Gasteiger partial charge in [-0.3, -0.25) is 0 Å². The first-order chi connectivity index (χ1) is 7.13. The number of benzene rings is 1.